The highest BCUT2D eigenvalue weighted by Crippen LogP contribution is 2.35. The summed E-state index contributed by atoms with van der Waals surface area (Å²) in [4.78, 5) is 12.4. The number of hydrogen-bond acceptors (Lipinski definition) is 3. The smallest absolute Gasteiger partial charge is 0.381 e. The molecule has 2 rings (SSSR count). The molecular weight excluding hydrogens is 365 g/mol. The lowest BCUT2D eigenvalue weighted by Crippen LogP contribution is -2.46. The van der Waals surface area contributed by atoms with Crippen LogP contribution in [0.2, 0.25) is 0 Å². The van der Waals surface area contributed by atoms with Crippen LogP contribution in [-0.2, 0) is 15.7 Å². The summed E-state index contributed by atoms with van der Waals surface area (Å²) in [6.07, 6.45) is -3.57. The summed E-state index contributed by atoms with van der Waals surface area (Å²) in [5.41, 5.74) is 4.18. The standard InChI is InChI=1S/C14H16BrF3N2O2/c15-10-5-9(14(16,17)18)6-11(7-10)20-12(21)13(8-19)1-3-22-4-2-13/h5-7H,1-4,8,19H2,(H,20,21). The van der Waals surface area contributed by atoms with E-state index in [0.717, 1.165) is 12.1 Å². The molecule has 0 saturated carbocycles. The average molecular weight is 381 g/mol. The Morgan fingerprint density at radius 1 is 1.32 bits per heavy atom. The first-order valence-electron chi connectivity index (χ1n) is 6.74. The lowest BCUT2D eigenvalue weighted by molar-refractivity contribution is -0.137. The maximum absolute atomic E-state index is 12.8. The molecular formula is C14H16BrF3N2O2. The highest BCUT2D eigenvalue weighted by atomic mass is 79.9. The third kappa shape index (κ3) is 3.80. The number of nitrogens with one attached hydrogen (secondary N) is 1. The van der Waals surface area contributed by atoms with Crippen molar-refractivity contribution in [2.75, 3.05) is 25.1 Å². The summed E-state index contributed by atoms with van der Waals surface area (Å²) in [5.74, 6) is -0.371. The SMILES string of the molecule is NCC1(C(=O)Nc2cc(Br)cc(C(F)(F)F)c2)CCOCC1. The van der Waals surface area contributed by atoms with Gasteiger partial charge in [-0.3, -0.25) is 4.79 Å². The molecule has 4 nitrogen and oxygen atoms in total. The predicted octanol–water partition coefficient (Wildman–Crippen LogP) is 3.16. The summed E-state index contributed by atoms with van der Waals surface area (Å²) in [5, 5.41) is 2.55. The topological polar surface area (TPSA) is 64.4 Å². The molecule has 0 aromatic heterocycles. The van der Waals surface area contributed by atoms with Gasteiger partial charge in [0.15, 0.2) is 0 Å². The van der Waals surface area contributed by atoms with Crippen molar-refractivity contribution in [1.82, 2.24) is 0 Å². The van der Waals surface area contributed by atoms with E-state index in [4.69, 9.17) is 10.5 Å². The molecule has 0 atom stereocenters. The van der Waals surface area contributed by atoms with Crippen LogP contribution in [0.25, 0.3) is 0 Å². The minimum absolute atomic E-state index is 0.0889. The van der Waals surface area contributed by atoms with Crippen molar-refractivity contribution in [3.8, 4) is 0 Å². The number of alkyl halides is 3. The molecule has 0 aliphatic carbocycles. The summed E-state index contributed by atoms with van der Waals surface area (Å²) >= 11 is 3.03. The Morgan fingerprint density at radius 2 is 1.95 bits per heavy atom. The Balaban J connectivity index is 2.22. The maximum Gasteiger partial charge on any atom is 0.416 e. The van der Waals surface area contributed by atoms with Crippen LogP contribution < -0.4 is 11.1 Å². The average Bonchev–Trinajstić information content (AvgIpc) is 2.46. The molecule has 1 aliphatic heterocycles. The highest BCUT2D eigenvalue weighted by Gasteiger charge is 2.39. The Hall–Kier alpha value is -1.12. The molecule has 122 valence electrons. The number of nitrogens with two attached hydrogens (primary N) is 1. The van der Waals surface area contributed by atoms with Crippen LogP contribution in [0, 0.1) is 5.41 Å². The maximum atomic E-state index is 12.8. The Labute approximate surface area is 134 Å². The second-order valence-electron chi connectivity index (χ2n) is 5.28. The van der Waals surface area contributed by atoms with Crippen molar-refractivity contribution in [3.63, 3.8) is 0 Å². The zero-order valence-corrected chi connectivity index (χ0v) is 13.3. The van der Waals surface area contributed by atoms with Gasteiger partial charge in [0.05, 0.1) is 11.0 Å². The molecule has 1 heterocycles. The zero-order valence-electron chi connectivity index (χ0n) is 11.7. The van der Waals surface area contributed by atoms with Crippen LogP contribution >= 0.6 is 15.9 Å². The van der Waals surface area contributed by atoms with E-state index >= 15 is 0 Å². The van der Waals surface area contributed by atoms with Gasteiger partial charge in [-0.25, -0.2) is 0 Å². The number of ether oxygens (including phenoxy) is 1. The molecule has 0 radical (unpaired) electrons. The number of carbonyl (C=O) groups is 1. The van der Waals surface area contributed by atoms with E-state index < -0.39 is 17.2 Å². The fourth-order valence-electron chi connectivity index (χ4n) is 2.38. The first kappa shape index (κ1) is 17.2. The minimum atomic E-state index is -4.48. The molecule has 1 aliphatic rings. The molecule has 1 fully saturated rings. The van der Waals surface area contributed by atoms with E-state index in [-0.39, 0.29) is 22.6 Å². The fourth-order valence-corrected chi connectivity index (χ4v) is 2.87. The molecule has 0 bridgehead atoms. The Kier molecular flexibility index (Phi) is 5.14. The lowest BCUT2D eigenvalue weighted by atomic mass is 9.79. The largest absolute Gasteiger partial charge is 0.416 e. The molecule has 0 unspecified atom stereocenters. The number of amides is 1. The Morgan fingerprint density at radius 3 is 2.50 bits per heavy atom. The molecule has 1 aromatic rings. The van der Waals surface area contributed by atoms with Gasteiger partial charge in [0.25, 0.3) is 0 Å². The van der Waals surface area contributed by atoms with E-state index in [2.05, 4.69) is 21.2 Å². The second-order valence-corrected chi connectivity index (χ2v) is 6.19. The minimum Gasteiger partial charge on any atom is -0.381 e. The van der Waals surface area contributed by atoms with E-state index in [1.165, 1.54) is 6.07 Å². The molecule has 1 aromatic carbocycles. The van der Waals surface area contributed by atoms with E-state index in [1.54, 1.807) is 0 Å². The molecule has 0 spiro atoms. The summed E-state index contributed by atoms with van der Waals surface area (Å²) in [6, 6.07) is 3.30. The van der Waals surface area contributed by atoms with Crippen LogP contribution in [0.4, 0.5) is 18.9 Å². The summed E-state index contributed by atoms with van der Waals surface area (Å²) in [7, 11) is 0. The second kappa shape index (κ2) is 6.55. The molecule has 22 heavy (non-hydrogen) atoms. The third-order valence-corrected chi connectivity index (χ3v) is 4.26. The zero-order chi connectivity index (χ0) is 16.4. The van der Waals surface area contributed by atoms with Crippen LogP contribution in [0.3, 0.4) is 0 Å². The number of carbonyl (C=O) groups excluding carboxylic acids is 1. The van der Waals surface area contributed by atoms with Crippen LogP contribution in [-0.4, -0.2) is 25.7 Å². The first-order chi connectivity index (χ1) is 10.3. The monoisotopic (exact) mass is 380 g/mol. The van der Waals surface area contributed by atoms with Gasteiger partial charge in [-0.1, -0.05) is 15.9 Å². The predicted molar refractivity (Wildman–Crippen MR) is 79.3 cm³/mol. The van der Waals surface area contributed by atoms with Crippen LogP contribution in [0.15, 0.2) is 22.7 Å². The fraction of sp³-hybridized carbons (Fsp3) is 0.500. The van der Waals surface area contributed by atoms with Gasteiger partial charge in [0, 0.05) is 29.9 Å². The van der Waals surface area contributed by atoms with Crippen molar-refractivity contribution in [3.05, 3.63) is 28.2 Å². The van der Waals surface area contributed by atoms with E-state index in [0.29, 0.717) is 26.1 Å². The van der Waals surface area contributed by atoms with E-state index in [1.807, 2.05) is 0 Å². The molecule has 3 N–H and O–H groups in total. The highest BCUT2D eigenvalue weighted by molar-refractivity contribution is 9.10. The lowest BCUT2D eigenvalue weighted by Gasteiger charge is -2.34. The number of rotatable bonds is 3. The van der Waals surface area contributed by atoms with Crippen LogP contribution in [0.1, 0.15) is 18.4 Å². The number of benzene rings is 1. The van der Waals surface area contributed by atoms with Gasteiger partial charge in [0.1, 0.15) is 0 Å². The van der Waals surface area contributed by atoms with Gasteiger partial charge in [-0.2, -0.15) is 13.2 Å². The third-order valence-electron chi connectivity index (χ3n) is 3.81. The van der Waals surface area contributed by atoms with Crippen molar-refractivity contribution in [2.24, 2.45) is 11.1 Å². The van der Waals surface area contributed by atoms with Gasteiger partial charge >= 0.3 is 6.18 Å². The Bertz CT molecular complexity index is 558. The normalized spacial score (nSPS) is 18.0. The van der Waals surface area contributed by atoms with Crippen molar-refractivity contribution in [1.29, 1.82) is 0 Å². The van der Waals surface area contributed by atoms with Gasteiger partial charge < -0.3 is 15.8 Å². The van der Waals surface area contributed by atoms with Gasteiger partial charge in [-0.15, -0.1) is 0 Å². The van der Waals surface area contributed by atoms with Gasteiger partial charge in [-0.05, 0) is 31.0 Å². The summed E-state index contributed by atoms with van der Waals surface area (Å²) < 4.78 is 43.9. The van der Waals surface area contributed by atoms with Crippen molar-refractivity contribution >= 4 is 27.5 Å². The van der Waals surface area contributed by atoms with Crippen LogP contribution in [0.5, 0.6) is 0 Å². The quantitative estimate of drug-likeness (QED) is 0.846. The summed E-state index contributed by atoms with van der Waals surface area (Å²) in [6.45, 7) is 0.954. The van der Waals surface area contributed by atoms with Crippen molar-refractivity contribution < 1.29 is 22.7 Å². The van der Waals surface area contributed by atoms with E-state index in [9.17, 15) is 18.0 Å². The number of halogens is 4. The number of hydrogen-bond donors (Lipinski definition) is 2. The molecule has 1 amide bonds. The first-order valence-corrected chi connectivity index (χ1v) is 7.53. The molecule has 8 heteroatoms. The van der Waals surface area contributed by atoms with Gasteiger partial charge in [0.2, 0.25) is 5.91 Å². The van der Waals surface area contributed by atoms with Crippen molar-refractivity contribution in [2.45, 2.75) is 19.0 Å². The number of anilines is 1. The molecule has 1 saturated heterocycles.